The Bertz CT molecular complexity index is 480. The van der Waals surface area contributed by atoms with Crippen LogP contribution in [0.2, 0.25) is 0 Å². The lowest BCUT2D eigenvalue weighted by Crippen LogP contribution is -2.38. The molecule has 2 rings (SSSR count). The Morgan fingerprint density at radius 1 is 1.58 bits per heavy atom. The van der Waals surface area contributed by atoms with Crippen LogP contribution in [0.15, 0.2) is 24.3 Å². The number of rotatable bonds is 5. The maximum Gasteiger partial charge on any atom is 0.405 e. The summed E-state index contributed by atoms with van der Waals surface area (Å²) in [4.78, 5) is 11.1. The van der Waals surface area contributed by atoms with Crippen molar-refractivity contribution in [1.82, 2.24) is 5.32 Å². The number of amides is 1. The van der Waals surface area contributed by atoms with E-state index in [4.69, 9.17) is 5.11 Å². The number of halogens is 1. The van der Waals surface area contributed by atoms with Crippen molar-refractivity contribution in [3.8, 4) is 0 Å². The first-order valence-electron chi connectivity index (χ1n) is 6.45. The van der Waals surface area contributed by atoms with E-state index in [2.05, 4.69) is 27.9 Å². The first-order valence-corrected chi connectivity index (χ1v) is 7.53. The van der Waals surface area contributed by atoms with Crippen molar-refractivity contribution in [2.24, 2.45) is 5.92 Å². The lowest BCUT2D eigenvalue weighted by molar-refractivity contribution is 0.124. The molecule has 0 radical (unpaired) electrons. The lowest BCUT2D eigenvalue weighted by Gasteiger charge is -2.21. The molecular weight excluding hydrogens is 357 g/mol. The van der Waals surface area contributed by atoms with Crippen LogP contribution < -0.4 is 5.32 Å². The summed E-state index contributed by atoms with van der Waals surface area (Å²) in [5.41, 5.74) is 0.358. The van der Waals surface area contributed by atoms with Crippen LogP contribution in [0.25, 0.3) is 0 Å². The van der Waals surface area contributed by atoms with E-state index in [0.717, 1.165) is 15.6 Å². The molecule has 104 valence electrons. The number of hydrogen-bond acceptors (Lipinski definition) is 2. The van der Waals surface area contributed by atoms with Gasteiger partial charge in [-0.3, -0.25) is 0 Å². The van der Waals surface area contributed by atoms with Gasteiger partial charge in [0.25, 0.3) is 0 Å². The third-order valence-electron chi connectivity index (χ3n) is 3.75. The SMILES string of the molecule is CCCC(O)C1CC1(NC(=O)O)c1ccccc1I. The minimum atomic E-state index is -1.04. The highest BCUT2D eigenvalue weighted by Gasteiger charge is 2.60. The summed E-state index contributed by atoms with van der Waals surface area (Å²) >= 11 is 2.21. The van der Waals surface area contributed by atoms with Crippen molar-refractivity contribution in [2.75, 3.05) is 0 Å². The van der Waals surface area contributed by atoms with Gasteiger partial charge in [0.1, 0.15) is 0 Å². The Balaban J connectivity index is 2.29. The summed E-state index contributed by atoms with van der Waals surface area (Å²) in [7, 11) is 0. The van der Waals surface area contributed by atoms with Crippen LogP contribution >= 0.6 is 22.6 Å². The molecule has 1 aliphatic rings. The van der Waals surface area contributed by atoms with Gasteiger partial charge in [-0.1, -0.05) is 31.5 Å². The summed E-state index contributed by atoms with van der Waals surface area (Å²) in [6.07, 6.45) is 0.781. The van der Waals surface area contributed by atoms with Gasteiger partial charge >= 0.3 is 6.09 Å². The summed E-state index contributed by atoms with van der Waals surface area (Å²) in [5.74, 6) is -0.0283. The molecule has 1 aliphatic carbocycles. The Kier molecular flexibility index (Phi) is 4.35. The molecule has 19 heavy (non-hydrogen) atoms. The van der Waals surface area contributed by atoms with E-state index < -0.39 is 17.7 Å². The van der Waals surface area contributed by atoms with Gasteiger partial charge in [0.15, 0.2) is 0 Å². The number of carbonyl (C=O) groups is 1. The fourth-order valence-corrected chi connectivity index (χ4v) is 3.65. The van der Waals surface area contributed by atoms with Crippen LogP contribution in [0.1, 0.15) is 31.7 Å². The largest absolute Gasteiger partial charge is 0.465 e. The van der Waals surface area contributed by atoms with E-state index >= 15 is 0 Å². The summed E-state index contributed by atoms with van der Waals surface area (Å²) in [5, 5.41) is 21.9. The van der Waals surface area contributed by atoms with Gasteiger partial charge in [-0.2, -0.15) is 0 Å². The fraction of sp³-hybridized carbons (Fsp3) is 0.500. The molecule has 3 N–H and O–H groups in total. The maximum atomic E-state index is 11.1. The molecule has 0 heterocycles. The van der Waals surface area contributed by atoms with Crippen LogP contribution in [0.5, 0.6) is 0 Å². The predicted octanol–water partition coefficient (Wildman–Crippen LogP) is 2.94. The fourth-order valence-electron chi connectivity index (χ4n) is 2.78. The van der Waals surface area contributed by atoms with Gasteiger partial charge in [-0.05, 0) is 47.1 Å². The molecular formula is C14H18INO3. The van der Waals surface area contributed by atoms with Gasteiger partial charge in [-0.25, -0.2) is 4.79 Å². The summed E-state index contributed by atoms with van der Waals surface area (Å²) < 4.78 is 1.03. The molecule has 4 nitrogen and oxygen atoms in total. The number of carboxylic acid groups (broad SMARTS) is 1. The van der Waals surface area contributed by atoms with Crippen molar-refractivity contribution in [1.29, 1.82) is 0 Å². The van der Waals surface area contributed by atoms with Gasteiger partial charge in [0, 0.05) is 9.49 Å². The lowest BCUT2D eigenvalue weighted by atomic mass is 9.98. The van der Waals surface area contributed by atoms with Gasteiger partial charge in [0.05, 0.1) is 11.6 Å². The molecule has 1 aromatic rings. The highest BCUT2D eigenvalue weighted by atomic mass is 127. The second-order valence-corrected chi connectivity index (χ2v) is 6.21. The van der Waals surface area contributed by atoms with Crippen LogP contribution in [-0.4, -0.2) is 22.4 Å². The monoisotopic (exact) mass is 375 g/mol. The predicted molar refractivity (Wildman–Crippen MR) is 81.0 cm³/mol. The van der Waals surface area contributed by atoms with Crippen molar-refractivity contribution < 1.29 is 15.0 Å². The second-order valence-electron chi connectivity index (χ2n) is 5.05. The summed E-state index contributed by atoms with van der Waals surface area (Å²) in [6.45, 7) is 2.02. The van der Waals surface area contributed by atoms with E-state index in [9.17, 15) is 9.90 Å². The molecule has 1 saturated carbocycles. The van der Waals surface area contributed by atoms with Crippen LogP contribution in [0.4, 0.5) is 4.79 Å². The molecule has 3 unspecified atom stereocenters. The van der Waals surface area contributed by atoms with E-state index in [1.807, 2.05) is 31.2 Å². The van der Waals surface area contributed by atoms with E-state index in [1.54, 1.807) is 0 Å². The third-order valence-corrected chi connectivity index (χ3v) is 4.69. The molecule has 0 spiro atoms. The smallest absolute Gasteiger partial charge is 0.405 e. The van der Waals surface area contributed by atoms with E-state index in [-0.39, 0.29) is 5.92 Å². The molecule has 5 heteroatoms. The Labute approximate surface area is 126 Å². The van der Waals surface area contributed by atoms with E-state index in [0.29, 0.717) is 12.8 Å². The van der Waals surface area contributed by atoms with Crippen LogP contribution in [-0.2, 0) is 5.54 Å². The molecule has 1 fully saturated rings. The number of benzene rings is 1. The Morgan fingerprint density at radius 2 is 2.26 bits per heavy atom. The third kappa shape index (κ3) is 2.86. The van der Waals surface area contributed by atoms with Crippen LogP contribution in [0.3, 0.4) is 0 Å². The van der Waals surface area contributed by atoms with Crippen molar-refractivity contribution in [3.05, 3.63) is 33.4 Å². The minimum absolute atomic E-state index is 0.0283. The normalized spacial score (nSPS) is 26.8. The average molecular weight is 375 g/mol. The zero-order chi connectivity index (χ0) is 14.0. The maximum absolute atomic E-state index is 11.1. The summed E-state index contributed by atoms with van der Waals surface area (Å²) in [6, 6.07) is 7.74. The molecule has 0 aliphatic heterocycles. The highest BCUT2D eigenvalue weighted by molar-refractivity contribution is 14.1. The molecule has 0 bridgehead atoms. The Morgan fingerprint density at radius 3 is 2.84 bits per heavy atom. The Hall–Kier alpha value is -0.820. The number of aliphatic hydroxyl groups is 1. The quantitative estimate of drug-likeness (QED) is 0.694. The number of nitrogens with one attached hydrogen (secondary N) is 1. The van der Waals surface area contributed by atoms with Gasteiger partial charge in [0.2, 0.25) is 0 Å². The molecule has 1 aromatic carbocycles. The zero-order valence-electron chi connectivity index (χ0n) is 10.8. The van der Waals surface area contributed by atoms with E-state index in [1.165, 1.54) is 0 Å². The molecule has 0 saturated heterocycles. The first kappa shape index (κ1) is 14.6. The molecule has 0 aromatic heterocycles. The zero-order valence-corrected chi connectivity index (χ0v) is 12.9. The van der Waals surface area contributed by atoms with Crippen LogP contribution in [0, 0.1) is 9.49 Å². The topological polar surface area (TPSA) is 69.6 Å². The molecule has 1 amide bonds. The number of aliphatic hydroxyl groups excluding tert-OH is 1. The average Bonchev–Trinajstić information content (AvgIpc) is 3.04. The highest BCUT2D eigenvalue weighted by Crippen LogP contribution is 2.55. The second kappa shape index (κ2) is 5.66. The van der Waals surface area contributed by atoms with Crippen molar-refractivity contribution in [3.63, 3.8) is 0 Å². The first-order chi connectivity index (χ1) is 9.01. The van der Waals surface area contributed by atoms with Crippen molar-refractivity contribution >= 4 is 28.7 Å². The number of hydrogen-bond donors (Lipinski definition) is 3. The minimum Gasteiger partial charge on any atom is -0.465 e. The standard InChI is InChI=1S/C14H18INO3/c1-2-5-12(17)10-8-14(10,16-13(18)19)9-6-3-4-7-11(9)15/h3-4,6-7,10,12,16-17H,2,5,8H2,1H3,(H,18,19). The van der Waals surface area contributed by atoms with Crippen molar-refractivity contribution in [2.45, 2.75) is 37.8 Å². The van der Waals surface area contributed by atoms with Gasteiger partial charge < -0.3 is 15.5 Å². The molecule has 3 atom stereocenters. The van der Waals surface area contributed by atoms with Gasteiger partial charge in [-0.15, -0.1) is 0 Å².